The van der Waals surface area contributed by atoms with Crippen LogP contribution in [-0.4, -0.2) is 5.78 Å². The highest BCUT2D eigenvalue weighted by Gasteiger charge is 2.02. The number of ketones is 1. The fraction of sp³-hybridized carbons (Fsp3) is 0.500. The normalized spacial score (nSPS) is 10.9. The molecular weight excluding hydrogens is 136 g/mol. The number of hydrogen-bond acceptors (Lipinski definition) is 1. The van der Waals surface area contributed by atoms with Crippen molar-refractivity contribution >= 4 is 5.78 Å². The Morgan fingerprint density at radius 1 is 1.36 bits per heavy atom. The minimum atomic E-state index is 0.0150. The van der Waals surface area contributed by atoms with E-state index >= 15 is 0 Å². The van der Waals surface area contributed by atoms with Crippen LogP contribution in [0.4, 0.5) is 0 Å². The first kappa shape index (κ1) is 9.97. The fourth-order valence-electron chi connectivity index (χ4n) is 0.417. The Balaban J connectivity index is 4.02. The van der Waals surface area contributed by atoms with Gasteiger partial charge in [0.1, 0.15) is 0 Å². The van der Waals surface area contributed by atoms with Crippen molar-refractivity contribution in [1.29, 1.82) is 0 Å². The lowest BCUT2D eigenvalue weighted by atomic mass is 9.98. The molecule has 0 saturated heterocycles. The SMILES string of the molecule is CC(=O)/C=C/C#CC(C)(C)C. The molecule has 0 amide bonds. The lowest BCUT2D eigenvalue weighted by Gasteiger charge is -2.05. The largest absolute Gasteiger partial charge is 0.295 e. The van der Waals surface area contributed by atoms with Gasteiger partial charge in [-0.15, -0.1) is 0 Å². The molecule has 0 unspecified atom stereocenters. The van der Waals surface area contributed by atoms with E-state index in [1.807, 2.05) is 20.8 Å². The van der Waals surface area contributed by atoms with Crippen LogP contribution in [0, 0.1) is 17.3 Å². The number of rotatable bonds is 1. The van der Waals surface area contributed by atoms with Crippen LogP contribution in [0.1, 0.15) is 27.7 Å². The Morgan fingerprint density at radius 3 is 2.27 bits per heavy atom. The third-order valence-electron chi connectivity index (χ3n) is 0.849. The van der Waals surface area contributed by atoms with Gasteiger partial charge in [-0.2, -0.15) is 0 Å². The summed E-state index contributed by atoms with van der Waals surface area (Å²) < 4.78 is 0. The minimum Gasteiger partial charge on any atom is -0.295 e. The van der Waals surface area contributed by atoms with E-state index in [1.165, 1.54) is 13.0 Å². The van der Waals surface area contributed by atoms with Gasteiger partial charge in [0.15, 0.2) is 5.78 Å². The molecular formula is C10H14O. The first-order valence-corrected chi connectivity index (χ1v) is 3.61. The predicted octanol–water partition coefficient (Wildman–Crippen LogP) is 2.18. The summed E-state index contributed by atoms with van der Waals surface area (Å²) >= 11 is 0. The predicted molar refractivity (Wildman–Crippen MR) is 47.1 cm³/mol. The molecule has 0 aliphatic heterocycles. The summed E-state index contributed by atoms with van der Waals surface area (Å²) in [7, 11) is 0. The summed E-state index contributed by atoms with van der Waals surface area (Å²) in [5.41, 5.74) is 0.0150. The van der Waals surface area contributed by atoms with Crippen LogP contribution >= 0.6 is 0 Å². The summed E-state index contributed by atoms with van der Waals surface area (Å²) in [6.45, 7) is 7.60. The van der Waals surface area contributed by atoms with Crippen LogP contribution in [0.15, 0.2) is 12.2 Å². The third-order valence-corrected chi connectivity index (χ3v) is 0.849. The molecule has 1 heteroatoms. The highest BCUT2D eigenvalue weighted by Crippen LogP contribution is 2.09. The van der Waals surface area contributed by atoms with E-state index in [0.717, 1.165) is 0 Å². The van der Waals surface area contributed by atoms with E-state index in [0.29, 0.717) is 0 Å². The molecule has 0 aliphatic rings. The van der Waals surface area contributed by atoms with Gasteiger partial charge in [-0.05, 0) is 39.8 Å². The van der Waals surface area contributed by atoms with Gasteiger partial charge < -0.3 is 0 Å². The Morgan fingerprint density at radius 2 is 1.91 bits per heavy atom. The number of carbonyl (C=O) groups is 1. The average Bonchev–Trinajstić information content (AvgIpc) is 1.78. The van der Waals surface area contributed by atoms with E-state index in [4.69, 9.17) is 0 Å². The Labute approximate surface area is 68.5 Å². The van der Waals surface area contributed by atoms with Gasteiger partial charge in [-0.3, -0.25) is 4.79 Å². The van der Waals surface area contributed by atoms with Crippen LogP contribution < -0.4 is 0 Å². The number of allylic oxidation sites excluding steroid dienone is 2. The molecule has 0 rings (SSSR count). The molecule has 0 aliphatic carbocycles. The van der Waals surface area contributed by atoms with E-state index in [2.05, 4.69) is 11.8 Å². The van der Waals surface area contributed by atoms with Crippen LogP contribution in [0.25, 0.3) is 0 Å². The smallest absolute Gasteiger partial charge is 0.153 e. The summed E-state index contributed by atoms with van der Waals surface area (Å²) in [5, 5.41) is 0. The van der Waals surface area contributed by atoms with Crippen molar-refractivity contribution in [2.45, 2.75) is 27.7 Å². The standard InChI is InChI=1S/C10H14O/c1-9(11)7-5-6-8-10(2,3)4/h5,7H,1-4H3/b7-5+. The van der Waals surface area contributed by atoms with Crippen molar-refractivity contribution in [3.63, 3.8) is 0 Å². The molecule has 1 nitrogen and oxygen atoms in total. The zero-order valence-corrected chi connectivity index (χ0v) is 7.56. The van der Waals surface area contributed by atoms with Gasteiger partial charge in [0.25, 0.3) is 0 Å². The molecule has 0 aromatic carbocycles. The third kappa shape index (κ3) is 8.97. The maximum Gasteiger partial charge on any atom is 0.153 e. The second-order valence-corrected chi connectivity index (χ2v) is 3.46. The Kier molecular flexibility index (Phi) is 3.60. The van der Waals surface area contributed by atoms with Crippen LogP contribution in [-0.2, 0) is 4.79 Å². The van der Waals surface area contributed by atoms with Crippen molar-refractivity contribution < 1.29 is 4.79 Å². The van der Waals surface area contributed by atoms with E-state index in [1.54, 1.807) is 6.08 Å². The molecule has 0 atom stereocenters. The molecule has 0 N–H and O–H groups in total. The minimum absolute atomic E-state index is 0.0150. The number of hydrogen-bond donors (Lipinski definition) is 0. The van der Waals surface area contributed by atoms with Crippen molar-refractivity contribution in [2.24, 2.45) is 5.41 Å². The second kappa shape index (κ2) is 3.98. The monoisotopic (exact) mass is 150 g/mol. The Hall–Kier alpha value is -1.03. The van der Waals surface area contributed by atoms with E-state index < -0.39 is 0 Å². The summed E-state index contributed by atoms with van der Waals surface area (Å²) in [6.07, 6.45) is 3.06. The Bertz CT molecular complexity index is 217. The van der Waals surface area contributed by atoms with Crippen molar-refractivity contribution in [1.82, 2.24) is 0 Å². The van der Waals surface area contributed by atoms with E-state index in [-0.39, 0.29) is 11.2 Å². The molecule has 0 spiro atoms. The maximum absolute atomic E-state index is 10.4. The van der Waals surface area contributed by atoms with Gasteiger partial charge in [0.05, 0.1) is 0 Å². The maximum atomic E-state index is 10.4. The first-order chi connectivity index (χ1) is 4.92. The van der Waals surface area contributed by atoms with Gasteiger partial charge in [-0.1, -0.05) is 11.8 Å². The molecule has 11 heavy (non-hydrogen) atoms. The highest BCUT2D eigenvalue weighted by atomic mass is 16.1. The molecule has 0 heterocycles. The van der Waals surface area contributed by atoms with Gasteiger partial charge in [-0.25, -0.2) is 0 Å². The fourth-order valence-corrected chi connectivity index (χ4v) is 0.417. The second-order valence-electron chi connectivity index (χ2n) is 3.46. The lowest BCUT2D eigenvalue weighted by molar-refractivity contribution is -0.112. The molecule has 0 fully saturated rings. The van der Waals surface area contributed by atoms with Crippen molar-refractivity contribution in [3.8, 4) is 11.8 Å². The van der Waals surface area contributed by atoms with Crippen LogP contribution in [0.2, 0.25) is 0 Å². The molecule has 0 saturated carbocycles. The average molecular weight is 150 g/mol. The lowest BCUT2D eigenvalue weighted by Crippen LogP contribution is -1.98. The molecule has 0 radical (unpaired) electrons. The van der Waals surface area contributed by atoms with Gasteiger partial charge >= 0.3 is 0 Å². The highest BCUT2D eigenvalue weighted by molar-refractivity contribution is 5.87. The van der Waals surface area contributed by atoms with E-state index in [9.17, 15) is 4.79 Å². The van der Waals surface area contributed by atoms with Crippen molar-refractivity contribution in [2.75, 3.05) is 0 Å². The zero-order chi connectivity index (χ0) is 8.91. The quantitative estimate of drug-likeness (QED) is 0.413. The summed E-state index contributed by atoms with van der Waals surface area (Å²) in [4.78, 5) is 10.4. The summed E-state index contributed by atoms with van der Waals surface area (Å²) in [6, 6.07) is 0. The van der Waals surface area contributed by atoms with Crippen LogP contribution in [0.5, 0.6) is 0 Å². The van der Waals surface area contributed by atoms with Crippen LogP contribution in [0.3, 0.4) is 0 Å². The van der Waals surface area contributed by atoms with Gasteiger partial charge in [0, 0.05) is 5.41 Å². The van der Waals surface area contributed by atoms with Crippen molar-refractivity contribution in [3.05, 3.63) is 12.2 Å². The molecule has 0 aromatic heterocycles. The first-order valence-electron chi connectivity index (χ1n) is 3.61. The zero-order valence-electron chi connectivity index (χ0n) is 7.56. The number of carbonyl (C=O) groups excluding carboxylic acids is 1. The molecule has 60 valence electrons. The topological polar surface area (TPSA) is 17.1 Å². The molecule has 0 bridgehead atoms. The molecule has 0 aromatic rings. The van der Waals surface area contributed by atoms with Gasteiger partial charge in [0.2, 0.25) is 0 Å². The summed E-state index contributed by atoms with van der Waals surface area (Å²) in [5.74, 6) is 5.83.